The van der Waals surface area contributed by atoms with Crippen LogP contribution in [0.2, 0.25) is 5.02 Å². The van der Waals surface area contributed by atoms with Crippen molar-refractivity contribution in [2.24, 2.45) is 4.99 Å². The van der Waals surface area contributed by atoms with E-state index in [0.29, 0.717) is 42.6 Å². The van der Waals surface area contributed by atoms with Gasteiger partial charge in [-0.3, -0.25) is 48.5 Å². The van der Waals surface area contributed by atoms with Crippen molar-refractivity contribution in [3.05, 3.63) is 91.8 Å². The first-order valence-electron chi connectivity index (χ1n) is 17.8. The molecule has 15 nitrogen and oxygen atoms in total. The molecular weight excluding hydrogens is 748 g/mol. The number of aliphatic imine (C=N–C) groups is 1. The third-order valence-corrected chi connectivity index (χ3v) is 11.2. The maximum Gasteiger partial charge on any atom is 0.266 e. The monoisotopic (exact) mass is 784 g/mol. The number of hydrogen-bond acceptors (Lipinski definition) is 11. The number of rotatable bonds is 12. The zero-order chi connectivity index (χ0) is 39.0. The summed E-state index contributed by atoms with van der Waals surface area (Å²) in [5.74, 6) is -1.88. The van der Waals surface area contributed by atoms with E-state index in [-0.39, 0.29) is 42.0 Å². The number of halogens is 1. The van der Waals surface area contributed by atoms with Crippen molar-refractivity contribution >= 4 is 64.1 Å². The lowest BCUT2D eigenvalue weighted by molar-refractivity contribution is -0.136. The van der Waals surface area contributed by atoms with Gasteiger partial charge in [-0.05, 0) is 69.9 Å². The normalized spacial score (nSPS) is 17.5. The van der Waals surface area contributed by atoms with Crippen LogP contribution in [0.1, 0.15) is 92.1 Å². The molecule has 0 unspecified atom stereocenters. The van der Waals surface area contributed by atoms with E-state index < -0.39 is 48.2 Å². The predicted molar refractivity (Wildman–Crippen MR) is 202 cm³/mol. The number of nitrogens with zero attached hydrogens (tertiary/aromatic N) is 5. The smallest absolute Gasteiger partial charge is 0.266 e. The second-order valence-corrected chi connectivity index (χ2v) is 15.1. The number of unbranched alkanes of at least 4 members (excludes halogenated alkanes) is 1. The molecule has 4 aromatic rings. The Kier molecular flexibility index (Phi) is 10.6. The summed E-state index contributed by atoms with van der Waals surface area (Å²) >= 11 is 7.84. The van der Waals surface area contributed by atoms with Crippen LogP contribution in [-0.2, 0) is 19.2 Å². The number of thiophene rings is 1. The lowest BCUT2D eigenvalue weighted by atomic mass is 9.99. The van der Waals surface area contributed by atoms with Gasteiger partial charge in [-0.1, -0.05) is 29.8 Å². The molecule has 0 radical (unpaired) electrons. The van der Waals surface area contributed by atoms with Crippen molar-refractivity contribution in [3.8, 4) is 10.8 Å². The third kappa shape index (κ3) is 7.38. The van der Waals surface area contributed by atoms with Gasteiger partial charge in [-0.25, -0.2) is 0 Å². The molecule has 3 aliphatic heterocycles. The number of hydrogen-bond donors (Lipinski definition) is 3. The number of aromatic nitrogens is 3. The van der Waals surface area contributed by atoms with E-state index in [1.165, 1.54) is 18.2 Å². The van der Waals surface area contributed by atoms with Crippen LogP contribution in [0, 0.1) is 20.8 Å². The summed E-state index contributed by atoms with van der Waals surface area (Å²) in [6, 6.07) is 10.2. The summed E-state index contributed by atoms with van der Waals surface area (Å²) in [7, 11) is 0. The van der Waals surface area contributed by atoms with E-state index in [0.717, 1.165) is 37.2 Å². The Morgan fingerprint density at radius 3 is 2.40 bits per heavy atom. The van der Waals surface area contributed by atoms with Gasteiger partial charge in [-0.2, -0.15) is 0 Å². The summed E-state index contributed by atoms with van der Waals surface area (Å²) < 4.78 is 7.64. The van der Waals surface area contributed by atoms with Crippen molar-refractivity contribution in [2.45, 2.75) is 65.0 Å². The SMILES string of the molecule is Cc1sc2c(c1C)C(c1ccc(Cl)cc1)=N[C@H](CC(=O)NCCCCNC(=O)COc1cccc3c1C(=O)N([C@H]1CCC(=O)NC1=O)C3=O)c1nnc(C)n1-2. The minimum absolute atomic E-state index is 0.00279. The highest BCUT2D eigenvalue weighted by Gasteiger charge is 2.46. The first-order valence-corrected chi connectivity index (χ1v) is 19.0. The van der Waals surface area contributed by atoms with Gasteiger partial charge in [0.15, 0.2) is 12.4 Å². The molecule has 0 saturated carbocycles. The van der Waals surface area contributed by atoms with E-state index in [2.05, 4.69) is 40.0 Å². The van der Waals surface area contributed by atoms with Gasteiger partial charge in [0.2, 0.25) is 17.7 Å². The van der Waals surface area contributed by atoms with Crippen molar-refractivity contribution < 1.29 is 33.5 Å². The lowest BCUT2D eigenvalue weighted by Gasteiger charge is -2.27. The van der Waals surface area contributed by atoms with Crippen LogP contribution < -0.4 is 20.7 Å². The standard InChI is InChI=1S/C38H37ClN8O7S/c1-19-20(2)55-38-31(19)33(22-9-11-23(39)12-10-22)42-25(34-45-44-21(3)46(34)38)17-29(49)40-15-4-5-16-41-30(50)18-54-27-8-6-7-24-32(27)37(53)47(36(24)52)26-13-14-28(48)43-35(26)51/h6-12,25-26H,4-5,13-18H2,1-3H3,(H,40,49)(H,41,50)(H,43,48,51)/t25-,26+/m1/s1. The average molecular weight is 785 g/mol. The molecule has 6 amide bonds. The maximum absolute atomic E-state index is 13.3. The average Bonchev–Trinajstić information content (AvgIpc) is 3.73. The summed E-state index contributed by atoms with van der Waals surface area (Å²) in [6.45, 7) is 6.30. The van der Waals surface area contributed by atoms with Gasteiger partial charge in [0.05, 0.1) is 23.3 Å². The van der Waals surface area contributed by atoms with Crippen molar-refractivity contribution in [1.82, 2.24) is 35.6 Å². The Morgan fingerprint density at radius 1 is 0.945 bits per heavy atom. The van der Waals surface area contributed by atoms with Gasteiger partial charge in [-0.15, -0.1) is 21.5 Å². The molecule has 0 aliphatic carbocycles. The molecule has 284 valence electrons. The van der Waals surface area contributed by atoms with Crippen LogP contribution in [0.3, 0.4) is 0 Å². The van der Waals surface area contributed by atoms with Gasteiger partial charge >= 0.3 is 0 Å². The molecule has 2 atom stereocenters. The Morgan fingerprint density at radius 2 is 1.67 bits per heavy atom. The van der Waals surface area contributed by atoms with E-state index in [9.17, 15) is 28.8 Å². The molecule has 0 bridgehead atoms. The predicted octanol–water partition coefficient (Wildman–Crippen LogP) is 3.68. The lowest BCUT2D eigenvalue weighted by Crippen LogP contribution is -2.54. The zero-order valence-corrected chi connectivity index (χ0v) is 31.8. The van der Waals surface area contributed by atoms with Crippen molar-refractivity contribution in [1.29, 1.82) is 0 Å². The molecular formula is C38H37ClN8O7S. The van der Waals surface area contributed by atoms with Crippen LogP contribution in [-0.4, -0.2) is 86.6 Å². The van der Waals surface area contributed by atoms with Gasteiger partial charge in [0.25, 0.3) is 17.7 Å². The van der Waals surface area contributed by atoms with Crippen molar-refractivity contribution in [3.63, 3.8) is 0 Å². The Hall–Kier alpha value is -5.74. The van der Waals surface area contributed by atoms with Gasteiger partial charge < -0.3 is 15.4 Å². The number of amides is 6. The third-order valence-electron chi connectivity index (χ3n) is 9.77. The molecule has 3 N–H and O–H groups in total. The number of benzene rings is 2. The van der Waals surface area contributed by atoms with E-state index in [1.54, 1.807) is 11.3 Å². The number of nitrogens with one attached hydrogen (secondary N) is 3. The Bertz CT molecular complexity index is 2280. The molecule has 55 heavy (non-hydrogen) atoms. The van der Waals surface area contributed by atoms with Crippen LogP contribution in [0.5, 0.6) is 5.75 Å². The summed E-state index contributed by atoms with van der Waals surface area (Å²) in [5.41, 5.74) is 3.76. The number of carbonyl (C=O) groups excluding carboxylic acids is 6. The molecule has 0 spiro atoms. The number of piperidine rings is 1. The van der Waals surface area contributed by atoms with Crippen LogP contribution in [0.15, 0.2) is 47.5 Å². The number of aryl methyl sites for hydroxylation is 2. The fourth-order valence-electron chi connectivity index (χ4n) is 6.88. The second kappa shape index (κ2) is 15.5. The molecule has 5 heterocycles. The number of imide groups is 2. The summed E-state index contributed by atoms with van der Waals surface area (Å²) in [5, 5.41) is 18.2. The highest BCUT2D eigenvalue weighted by atomic mass is 35.5. The molecule has 1 fully saturated rings. The highest BCUT2D eigenvalue weighted by molar-refractivity contribution is 7.15. The molecule has 1 saturated heterocycles. The van der Waals surface area contributed by atoms with E-state index in [4.69, 9.17) is 21.3 Å². The molecule has 2 aromatic heterocycles. The Labute approximate surface area is 324 Å². The summed E-state index contributed by atoms with van der Waals surface area (Å²) in [4.78, 5) is 83.3. The van der Waals surface area contributed by atoms with E-state index in [1.807, 2.05) is 35.8 Å². The minimum Gasteiger partial charge on any atom is -0.483 e. The first-order chi connectivity index (χ1) is 26.4. The molecule has 7 rings (SSSR count). The number of carbonyl (C=O) groups is 6. The zero-order valence-electron chi connectivity index (χ0n) is 30.2. The van der Waals surface area contributed by atoms with Crippen LogP contribution >= 0.6 is 22.9 Å². The van der Waals surface area contributed by atoms with Crippen LogP contribution in [0.4, 0.5) is 0 Å². The molecule has 3 aliphatic rings. The largest absolute Gasteiger partial charge is 0.483 e. The Balaban J connectivity index is 0.906. The molecule has 17 heteroatoms. The molecule has 2 aromatic carbocycles. The van der Waals surface area contributed by atoms with E-state index >= 15 is 0 Å². The number of fused-ring (bicyclic) bond motifs is 4. The van der Waals surface area contributed by atoms with Gasteiger partial charge in [0, 0.05) is 40.5 Å². The fraction of sp³-hybridized carbons (Fsp3) is 0.342. The van der Waals surface area contributed by atoms with Crippen molar-refractivity contribution in [2.75, 3.05) is 19.7 Å². The topological polar surface area (TPSA) is 194 Å². The fourth-order valence-corrected chi connectivity index (χ4v) is 8.22. The quantitative estimate of drug-likeness (QED) is 0.142. The highest BCUT2D eigenvalue weighted by Crippen LogP contribution is 2.40. The second-order valence-electron chi connectivity index (χ2n) is 13.4. The first kappa shape index (κ1) is 37.6. The van der Waals surface area contributed by atoms with Gasteiger partial charge in [0.1, 0.15) is 28.7 Å². The minimum atomic E-state index is -1.11. The van der Waals surface area contributed by atoms with Crippen LogP contribution in [0.25, 0.3) is 5.00 Å². The number of ether oxygens (including phenoxy) is 1. The maximum atomic E-state index is 13.3. The summed E-state index contributed by atoms with van der Waals surface area (Å²) in [6.07, 6.45) is 1.23.